The molecule has 13 heteroatoms. The maximum absolute atomic E-state index is 13.0. The number of likely N-dealkylation sites (tertiary alicyclic amines) is 1. The number of methoxy groups -OCH3 is 1. The van der Waals surface area contributed by atoms with Crippen molar-refractivity contribution in [2.75, 3.05) is 43.5 Å². The number of ether oxygens (including phenoxy) is 1. The summed E-state index contributed by atoms with van der Waals surface area (Å²) in [4.78, 5) is 44.0. The number of carboxylic acid groups (broad SMARTS) is 1. The molecule has 10 nitrogen and oxygen atoms in total. The largest absolute Gasteiger partial charge is 0.481 e. The van der Waals surface area contributed by atoms with Gasteiger partial charge in [0.05, 0.1) is 40.0 Å². The first-order chi connectivity index (χ1) is 18.4. The molecule has 0 spiro atoms. The smallest absolute Gasteiger partial charge is 0.306 e. The Labute approximate surface area is 233 Å². The number of carbonyl (C=O) groups is 2. The summed E-state index contributed by atoms with van der Waals surface area (Å²) in [5.41, 5.74) is 1.01. The standard InChI is InChI=1S/C25H29ClN6O4S2/c1-36-17-3-2-6-31(12-17)13-20-22(19-9-16(26)14-37-19)29-25(38-20)30-23(33)18-10-28-21(11-27-18)32-7-4-15(5-8-32)24(34)35/h9-11,14-15,17H,2-8,12-13H2,1H3,(H,34,35)(H,29,30,33)/t17-/m1/s1. The van der Waals surface area contributed by atoms with Crippen LogP contribution >= 0.6 is 34.3 Å². The van der Waals surface area contributed by atoms with Crippen molar-refractivity contribution in [3.05, 3.63) is 39.4 Å². The third kappa shape index (κ3) is 6.32. The van der Waals surface area contributed by atoms with Gasteiger partial charge in [0, 0.05) is 43.5 Å². The topological polar surface area (TPSA) is 121 Å². The molecular weight excluding hydrogens is 548 g/mol. The average Bonchev–Trinajstić information content (AvgIpc) is 3.54. The van der Waals surface area contributed by atoms with Gasteiger partial charge in [-0.05, 0) is 38.3 Å². The number of carboxylic acids is 1. The van der Waals surface area contributed by atoms with Crippen LogP contribution in [-0.4, -0.2) is 76.2 Å². The number of thiophene rings is 1. The van der Waals surface area contributed by atoms with Crippen molar-refractivity contribution >= 4 is 57.1 Å². The number of piperidine rings is 2. The third-order valence-corrected chi connectivity index (χ3v) is 9.16. The summed E-state index contributed by atoms with van der Waals surface area (Å²) in [6.45, 7) is 3.75. The highest BCUT2D eigenvalue weighted by Crippen LogP contribution is 2.37. The highest BCUT2D eigenvalue weighted by Gasteiger charge is 2.26. The molecule has 38 heavy (non-hydrogen) atoms. The van der Waals surface area contributed by atoms with E-state index >= 15 is 0 Å². The van der Waals surface area contributed by atoms with Gasteiger partial charge < -0.3 is 14.7 Å². The fourth-order valence-corrected chi connectivity index (χ4v) is 6.98. The predicted octanol–water partition coefficient (Wildman–Crippen LogP) is 4.48. The second-order valence-corrected chi connectivity index (χ2v) is 11.9. The van der Waals surface area contributed by atoms with E-state index in [1.807, 2.05) is 16.3 Å². The van der Waals surface area contributed by atoms with E-state index < -0.39 is 5.97 Å². The van der Waals surface area contributed by atoms with Gasteiger partial charge in [0.15, 0.2) is 5.13 Å². The predicted molar refractivity (Wildman–Crippen MR) is 148 cm³/mol. The molecule has 2 N–H and O–H groups in total. The summed E-state index contributed by atoms with van der Waals surface area (Å²) < 4.78 is 5.58. The lowest BCUT2D eigenvalue weighted by Gasteiger charge is -2.31. The number of carbonyl (C=O) groups excluding carboxylic acids is 1. The normalized spacial score (nSPS) is 19.0. The van der Waals surface area contributed by atoms with Crippen LogP contribution in [0.3, 0.4) is 0 Å². The number of nitrogens with one attached hydrogen (secondary N) is 1. The Morgan fingerprint density at radius 3 is 2.68 bits per heavy atom. The minimum Gasteiger partial charge on any atom is -0.481 e. The van der Waals surface area contributed by atoms with Gasteiger partial charge in [-0.1, -0.05) is 22.9 Å². The Morgan fingerprint density at radius 1 is 1.21 bits per heavy atom. The molecule has 0 unspecified atom stereocenters. The number of aromatic nitrogens is 3. The third-order valence-electron chi connectivity index (χ3n) is 6.92. The second kappa shape index (κ2) is 12.0. The minimum absolute atomic E-state index is 0.186. The van der Waals surface area contributed by atoms with E-state index in [0.717, 1.165) is 41.4 Å². The summed E-state index contributed by atoms with van der Waals surface area (Å²) in [5.74, 6) is -0.829. The number of aliphatic carboxylic acids is 1. The minimum atomic E-state index is -0.756. The molecule has 1 amide bonds. The van der Waals surface area contributed by atoms with E-state index in [1.165, 1.54) is 28.9 Å². The lowest BCUT2D eigenvalue weighted by molar-refractivity contribution is -0.142. The van der Waals surface area contributed by atoms with E-state index in [4.69, 9.17) is 21.3 Å². The summed E-state index contributed by atoms with van der Waals surface area (Å²) in [7, 11) is 1.75. The van der Waals surface area contributed by atoms with Crippen LogP contribution in [0.1, 0.15) is 41.0 Å². The lowest BCUT2D eigenvalue weighted by atomic mass is 9.97. The maximum Gasteiger partial charge on any atom is 0.306 e. The molecule has 3 aromatic heterocycles. The molecular formula is C25H29ClN6O4S2. The van der Waals surface area contributed by atoms with E-state index in [9.17, 15) is 14.7 Å². The molecule has 2 aliphatic rings. The van der Waals surface area contributed by atoms with Crippen molar-refractivity contribution in [3.8, 4) is 10.6 Å². The van der Waals surface area contributed by atoms with E-state index in [0.29, 0.717) is 48.4 Å². The van der Waals surface area contributed by atoms with Crippen molar-refractivity contribution in [1.29, 1.82) is 0 Å². The van der Waals surface area contributed by atoms with Crippen LogP contribution in [0.2, 0.25) is 5.02 Å². The van der Waals surface area contributed by atoms with Crippen molar-refractivity contribution < 1.29 is 19.4 Å². The highest BCUT2D eigenvalue weighted by atomic mass is 35.5. The number of hydrogen-bond donors (Lipinski definition) is 2. The molecule has 5 rings (SSSR count). The number of nitrogens with zero attached hydrogens (tertiary/aromatic N) is 5. The van der Waals surface area contributed by atoms with Crippen molar-refractivity contribution in [2.45, 2.75) is 38.3 Å². The number of amides is 1. The van der Waals surface area contributed by atoms with Crippen molar-refractivity contribution in [2.24, 2.45) is 5.92 Å². The molecule has 0 bridgehead atoms. The average molecular weight is 577 g/mol. The van der Waals surface area contributed by atoms with Crippen molar-refractivity contribution in [1.82, 2.24) is 19.9 Å². The van der Waals surface area contributed by atoms with Crippen molar-refractivity contribution in [3.63, 3.8) is 0 Å². The monoisotopic (exact) mass is 576 g/mol. The number of hydrogen-bond acceptors (Lipinski definition) is 10. The second-order valence-electron chi connectivity index (χ2n) is 9.47. The first kappa shape index (κ1) is 26.9. The first-order valence-electron chi connectivity index (χ1n) is 12.5. The summed E-state index contributed by atoms with van der Waals surface area (Å²) in [6, 6.07) is 1.90. The number of anilines is 2. The van der Waals surface area contributed by atoms with Gasteiger partial charge in [-0.15, -0.1) is 11.3 Å². The summed E-state index contributed by atoms with van der Waals surface area (Å²) in [6.07, 6.45) is 6.49. The molecule has 0 aliphatic carbocycles. The molecule has 0 radical (unpaired) electrons. The molecule has 5 heterocycles. The maximum atomic E-state index is 13.0. The van der Waals surface area contributed by atoms with Crippen LogP contribution in [0.5, 0.6) is 0 Å². The Balaban J connectivity index is 1.28. The van der Waals surface area contributed by atoms with Gasteiger partial charge in [-0.25, -0.2) is 15.0 Å². The summed E-state index contributed by atoms with van der Waals surface area (Å²) >= 11 is 9.18. The zero-order valence-corrected chi connectivity index (χ0v) is 23.3. The SMILES string of the molecule is CO[C@@H]1CCCN(Cc2sc(NC(=O)c3cnc(N4CCC(C(=O)O)CC4)cn3)nc2-c2cc(Cl)cs2)C1. The van der Waals surface area contributed by atoms with Gasteiger partial charge in [0.1, 0.15) is 11.5 Å². The highest BCUT2D eigenvalue weighted by molar-refractivity contribution is 7.17. The number of rotatable bonds is 8. The molecule has 1 atom stereocenters. The van der Waals surface area contributed by atoms with Gasteiger partial charge >= 0.3 is 5.97 Å². The van der Waals surface area contributed by atoms with Crippen LogP contribution in [0.15, 0.2) is 23.8 Å². The molecule has 2 saturated heterocycles. The first-order valence-corrected chi connectivity index (χ1v) is 14.6. The van der Waals surface area contributed by atoms with Gasteiger partial charge in [0.25, 0.3) is 5.91 Å². The molecule has 202 valence electrons. The lowest BCUT2D eigenvalue weighted by Crippen LogP contribution is -2.38. The van der Waals surface area contributed by atoms with Gasteiger partial charge in [-0.3, -0.25) is 19.8 Å². The van der Waals surface area contributed by atoms with E-state index in [2.05, 4.69) is 20.2 Å². The fourth-order valence-electron chi connectivity index (χ4n) is 4.81. The zero-order valence-electron chi connectivity index (χ0n) is 20.9. The molecule has 0 aromatic carbocycles. The van der Waals surface area contributed by atoms with Crippen LogP contribution < -0.4 is 10.2 Å². The molecule has 2 aliphatic heterocycles. The Hall–Kier alpha value is -2.64. The Kier molecular flexibility index (Phi) is 8.54. The fraction of sp³-hybridized carbons (Fsp3) is 0.480. The Bertz CT molecular complexity index is 1280. The van der Waals surface area contributed by atoms with Gasteiger partial charge in [0.2, 0.25) is 0 Å². The number of halogens is 1. The van der Waals surface area contributed by atoms with Gasteiger partial charge in [-0.2, -0.15) is 0 Å². The van der Waals surface area contributed by atoms with E-state index in [1.54, 1.807) is 13.3 Å². The Morgan fingerprint density at radius 2 is 2.03 bits per heavy atom. The van der Waals surface area contributed by atoms with Crippen LogP contribution in [0.25, 0.3) is 10.6 Å². The molecule has 2 fully saturated rings. The van der Waals surface area contributed by atoms with Crippen LogP contribution in [0, 0.1) is 5.92 Å². The van der Waals surface area contributed by atoms with Crippen LogP contribution in [0.4, 0.5) is 10.9 Å². The quantitative estimate of drug-likeness (QED) is 0.400. The zero-order chi connectivity index (χ0) is 26.6. The van der Waals surface area contributed by atoms with Crippen LogP contribution in [-0.2, 0) is 16.1 Å². The molecule has 3 aromatic rings. The van der Waals surface area contributed by atoms with E-state index in [-0.39, 0.29) is 23.6 Å². The molecule has 0 saturated carbocycles. The summed E-state index contributed by atoms with van der Waals surface area (Å²) in [5, 5.41) is 15.1. The number of thiazole rings is 1.